The minimum Gasteiger partial charge on any atom is -0.495 e. The van der Waals surface area contributed by atoms with Crippen LogP contribution >= 0.6 is 23.8 Å². The van der Waals surface area contributed by atoms with E-state index in [2.05, 4.69) is 21.6 Å². The Morgan fingerprint density at radius 3 is 2.92 bits per heavy atom. The van der Waals surface area contributed by atoms with E-state index in [4.69, 9.17) is 21.0 Å². The summed E-state index contributed by atoms with van der Waals surface area (Å²) in [4.78, 5) is 3.78. The second kappa shape index (κ2) is 4.10. The van der Waals surface area contributed by atoms with E-state index in [-0.39, 0.29) is 6.61 Å². The lowest BCUT2D eigenvalue weighted by Crippen LogP contribution is -2.13. The topological polar surface area (TPSA) is 105 Å². The highest BCUT2D eigenvalue weighted by atomic mass is 32.1. The number of aliphatic hydroxyl groups excluding tert-OH is 1. The second-order valence-electron chi connectivity index (χ2n) is 1.97. The van der Waals surface area contributed by atoms with Crippen LogP contribution in [0.1, 0.15) is 5.82 Å². The number of rotatable bonds is 2. The van der Waals surface area contributed by atoms with Gasteiger partial charge in [0, 0.05) is 11.5 Å². The van der Waals surface area contributed by atoms with Gasteiger partial charge in [0.25, 0.3) is 5.90 Å². The number of nitrogens with two attached hydrogens (primary N) is 1. The zero-order valence-corrected chi connectivity index (χ0v) is 7.98. The highest BCUT2D eigenvalue weighted by Gasteiger charge is 2.06. The molecule has 0 bridgehead atoms. The van der Waals surface area contributed by atoms with Crippen LogP contribution in [0.3, 0.4) is 0 Å². The van der Waals surface area contributed by atoms with Gasteiger partial charge in [0.2, 0.25) is 5.05 Å². The first kappa shape index (κ1) is 9.81. The Balaban J connectivity index is 2.44. The molecule has 8 heteroatoms. The molecule has 0 fully saturated rings. The number of thiocarbonyl (C=S) groups is 1. The Hall–Kier alpha value is -1.28. The van der Waals surface area contributed by atoms with Gasteiger partial charge in [0.1, 0.15) is 0 Å². The van der Waals surface area contributed by atoms with Crippen LogP contribution in [-0.4, -0.2) is 25.4 Å². The van der Waals surface area contributed by atoms with E-state index in [1.54, 1.807) is 0 Å². The van der Waals surface area contributed by atoms with Gasteiger partial charge in [-0.3, -0.25) is 5.41 Å². The average Bonchev–Trinajstić information content (AvgIpc) is 2.47. The van der Waals surface area contributed by atoms with E-state index >= 15 is 0 Å². The fourth-order valence-electron chi connectivity index (χ4n) is 0.525. The molecule has 4 N–H and O–H groups in total. The lowest BCUT2D eigenvalue weighted by molar-refractivity contribution is 0.283. The lowest BCUT2D eigenvalue weighted by atomic mass is 10.6. The molecule has 0 aromatic carbocycles. The minimum atomic E-state index is -0.594. The molecule has 0 unspecified atom stereocenters. The molecule has 0 aliphatic heterocycles. The number of aromatic nitrogens is 2. The van der Waals surface area contributed by atoms with Gasteiger partial charge in [-0.15, -0.1) is 0 Å². The molecule has 0 aliphatic rings. The van der Waals surface area contributed by atoms with E-state index in [0.717, 1.165) is 11.5 Å². The number of ether oxygens (including phenoxy) is 1. The Kier molecular flexibility index (Phi) is 3.09. The summed E-state index contributed by atoms with van der Waals surface area (Å²) in [6.45, 7) is -0.0206. The van der Waals surface area contributed by atoms with Crippen molar-refractivity contribution in [1.82, 2.24) is 9.36 Å². The predicted molar refractivity (Wildman–Crippen MR) is 52.1 cm³/mol. The van der Waals surface area contributed by atoms with Gasteiger partial charge in [-0.2, -0.15) is 4.37 Å². The SMILES string of the molecule is N=C(OCc1nsc(N)n1)C(O)=S. The molecule has 0 spiro atoms. The summed E-state index contributed by atoms with van der Waals surface area (Å²) >= 11 is 5.32. The van der Waals surface area contributed by atoms with Gasteiger partial charge in [-0.25, -0.2) is 4.98 Å². The molecule has 0 saturated heterocycles. The highest BCUT2D eigenvalue weighted by molar-refractivity contribution is 7.81. The van der Waals surface area contributed by atoms with Crippen LogP contribution in [0.5, 0.6) is 0 Å². The summed E-state index contributed by atoms with van der Waals surface area (Å²) in [7, 11) is 0. The third-order valence-corrected chi connectivity index (χ3v) is 1.79. The quantitative estimate of drug-likeness (QED) is 0.379. The maximum absolute atomic E-state index is 8.62. The molecular weight excluding hydrogens is 212 g/mol. The molecule has 1 rings (SSSR count). The number of anilines is 1. The lowest BCUT2D eigenvalue weighted by Gasteiger charge is -2.00. The molecule has 0 aliphatic carbocycles. The van der Waals surface area contributed by atoms with Crippen LogP contribution in [0.2, 0.25) is 0 Å². The molecule has 1 aromatic rings. The van der Waals surface area contributed by atoms with E-state index in [9.17, 15) is 0 Å². The normalized spacial score (nSPS) is 9.54. The Labute approximate surface area is 83.0 Å². The largest absolute Gasteiger partial charge is 0.495 e. The first-order valence-electron chi connectivity index (χ1n) is 3.12. The minimum absolute atomic E-state index is 0.0206. The summed E-state index contributed by atoms with van der Waals surface area (Å²) in [6, 6.07) is 0. The van der Waals surface area contributed by atoms with E-state index < -0.39 is 10.9 Å². The summed E-state index contributed by atoms with van der Waals surface area (Å²) < 4.78 is 8.53. The molecule has 0 saturated carbocycles. The van der Waals surface area contributed by atoms with Crippen molar-refractivity contribution < 1.29 is 9.84 Å². The van der Waals surface area contributed by atoms with Crippen molar-refractivity contribution in [3.05, 3.63) is 5.82 Å². The molecule has 0 radical (unpaired) electrons. The van der Waals surface area contributed by atoms with Crippen molar-refractivity contribution in [2.24, 2.45) is 0 Å². The first-order valence-corrected chi connectivity index (χ1v) is 4.30. The Bertz CT molecular complexity index is 337. The fraction of sp³-hybridized carbons (Fsp3) is 0.200. The van der Waals surface area contributed by atoms with E-state index in [1.807, 2.05) is 0 Å². The Morgan fingerprint density at radius 1 is 1.77 bits per heavy atom. The van der Waals surface area contributed by atoms with Crippen LogP contribution in [0, 0.1) is 5.41 Å². The zero-order valence-electron chi connectivity index (χ0n) is 6.35. The number of hydrogen-bond acceptors (Lipinski definition) is 7. The summed E-state index contributed by atoms with van der Waals surface area (Å²) in [5.41, 5.74) is 5.31. The van der Waals surface area contributed by atoms with Gasteiger partial charge in [0.05, 0.1) is 0 Å². The van der Waals surface area contributed by atoms with E-state index in [0.29, 0.717) is 11.0 Å². The van der Waals surface area contributed by atoms with Crippen LogP contribution in [0.25, 0.3) is 0 Å². The third-order valence-electron chi connectivity index (χ3n) is 1.02. The standard InChI is InChI=1S/C5H6N4O2S2/c6-3(4(10)12)11-1-2-8-5(7)13-9-2/h6H,1H2,(H,10,12)(H2,7,8,9). The number of aliphatic hydroxyl groups is 1. The second-order valence-corrected chi connectivity index (χ2v) is 3.14. The molecule has 70 valence electrons. The van der Waals surface area contributed by atoms with Crippen molar-refractivity contribution in [2.75, 3.05) is 5.73 Å². The average molecular weight is 218 g/mol. The van der Waals surface area contributed by atoms with Crippen LogP contribution in [-0.2, 0) is 11.3 Å². The maximum atomic E-state index is 8.62. The smallest absolute Gasteiger partial charge is 0.261 e. The maximum Gasteiger partial charge on any atom is 0.261 e. The molecule has 1 aromatic heterocycles. The monoisotopic (exact) mass is 218 g/mol. The van der Waals surface area contributed by atoms with Gasteiger partial charge >= 0.3 is 0 Å². The van der Waals surface area contributed by atoms with Gasteiger partial charge < -0.3 is 15.6 Å². The van der Waals surface area contributed by atoms with Gasteiger partial charge in [-0.1, -0.05) is 0 Å². The number of nitrogen functional groups attached to an aromatic ring is 1. The van der Waals surface area contributed by atoms with E-state index in [1.165, 1.54) is 0 Å². The summed E-state index contributed by atoms with van der Waals surface area (Å²) in [5.74, 6) is -0.105. The predicted octanol–water partition coefficient (Wildman–Crippen LogP) is 0.500. The summed E-state index contributed by atoms with van der Waals surface area (Å²) in [5, 5.41) is 15.4. The molecule has 0 atom stereocenters. The number of nitrogens with one attached hydrogen (secondary N) is 1. The van der Waals surface area contributed by atoms with Crippen molar-refractivity contribution >= 4 is 39.8 Å². The Morgan fingerprint density at radius 2 is 2.46 bits per heavy atom. The highest BCUT2D eigenvalue weighted by Crippen LogP contribution is 2.06. The van der Waals surface area contributed by atoms with Crippen LogP contribution in [0.15, 0.2) is 0 Å². The zero-order chi connectivity index (χ0) is 9.84. The first-order chi connectivity index (χ1) is 6.09. The fourth-order valence-corrected chi connectivity index (χ4v) is 1.02. The molecule has 13 heavy (non-hydrogen) atoms. The van der Waals surface area contributed by atoms with Crippen LogP contribution < -0.4 is 5.73 Å². The molecule has 1 heterocycles. The van der Waals surface area contributed by atoms with Gasteiger partial charge in [-0.05, 0) is 12.2 Å². The van der Waals surface area contributed by atoms with Crippen LogP contribution in [0.4, 0.5) is 5.13 Å². The third kappa shape index (κ3) is 2.92. The van der Waals surface area contributed by atoms with Gasteiger partial charge in [0.15, 0.2) is 17.6 Å². The molecule has 6 nitrogen and oxygen atoms in total. The van der Waals surface area contributed by atoms with Crippen molar-refractivity contribution in [3.63, 3.8) is 0 Å². The van der Waals surface area contributed by atoms with Crippen molar-refractivity contribution in [1.29, 1.82) is 5.41 Å². The number of nitrogens with zero attached hydrogens (tertiary/aromatic N) is 2. The molecular formula is C5H6N4O2S2. The molecule has 0 amide bonds. The van der Waals surface area contributed by atoms with Crippen molar-refractivity contribution in [2.45, 2.75) is 6.61 Å². The summed E-state index contributed by atoms with van der Waals surface area (Å²) in [6.07, 6.45) is 0. The van der Waals surface area contributed by atoms with Crippen molar-refractivity contribution in [3.8, 4) is 0 Å². The number of hydrogen-bond donors (Lipinski definition) is 3.